The molecule has 0 bridgehead atoms. The number of rotatable bonds is 7. The Bertz CT molecular complexity index is 1080. The van der Waals surface area contributed by atoms with E-state index >= 15 is 0 Å². The minimum absolute atomic E-state index is 0.0818. The largest absolute Gasteiger partial charge is 0.350 e. The third-order valence-electron chi connectivity index (χ3n) is 4.65. The molecule has 0 spiro atoms. The monoisotopic (exact) mass is 469 g/mol. The van der Waals surface area contributed by atoms with Crippen LogP contribution in [0.25, 0.3) is 0 Å². The lowest BCUT2D eigenvalue weighted by atomic mass is 10.2. The molecule has 3 rings (SSSR count). The van der Waals surface area contributed by atoms with Gasteiger partial charge in [0.05, 0.1) is 17.0 Å². The van der Waals surface area contributed by atoms with Gasteiger partial charge in [-0.1, -0.05) is 35.3 Å². The van der Waals surface area contributed by atoms with Crippen molar-refractivity contribution in [1.29, 1.82) is 0 Å². The van der Waals surface area contributed by atoms with E-state index in [0.29, 0.717) is 18.0 Å². The summed E-state index contributed by atoms with van der Waals surface area (Å²) >= 11 is 12.1. The van der Waals surface area contributed by atoms with Gasteiger partial charge in [0.2, 0.25) is 21.8 Å². The van der Waals surface area contributed by atoms with Crippen LogP contribution in [0.15, 0.2) is 42.5 Å². The number of hydrogen-bond donors (Lipinski definition) is 1. The summed E-state index contributed by atoms with van der Waals surface area (Å²) in [7, 11) is -3.77. The molecule has 1 N–H and O–H groups in total. The minimum Gasteiger partial charge on any atom is -0.350 e. The summed E-state index contributed by atoms with van der Waals surface area (Å²) in [6.45, 7) is 0.428. The van der Waals surface area contributed by atoms with Crippen molar-refractivity contribution < 1.29 is 18.0 Å². The fraction of sp³-hybridized carbons (Fsp3) is 0.300. The molecule has 30 heavy (non-hydrogen) atoms. The van der Waals surface area contributed by atoms with Crippen molar-refractivity contribution in [3.05, 3.63) is 58.1 Å². The zero-order valence-corrected chi connectivity index (χ0v) is 18.6. The Hall–Kier alpha value is -2.29. The molecule has 0 radical (unpaired) electrons. The van der Waals surface area contributed by atoms with E-state index in [2.05, 4.69) is 5.32 Å². The number of carbonyl (C=O) groups is 2. The first-order valence-corrected chi connectivity index (χ1v) is 11.8. The zero-order valence-electron chi connectivity index (χ0n) is 16.3. The number of nitrogens with zero attached hydrogens (tertiary/aromatic N) is 2. The van der Waals surface area contributed by atoms with Crippen LogP contribution in [-0.2, 0) is 26.2 Å². The van der Waals surface area contributed by atoms with Crippen molar-refractivity contribution in [2.45, 2.75) is 19.4 Å². The lowest BCUT2D eigenvalue weighted by Crippen LogP contribution is -2.40. The lowest BCUT2D eigenvalue weighted by Gasteiger charge is -2.23. The molecule has 160 valence electrons. The smallest absolute Gasteiger partial charge is 0.241 e. The van der Waals surface area contributed by atoms with Gasteiger partial charge >= 0.3 is 0 Å². The summed E-state index contributed by atoms with van der Waals surface area (Å²) in [4.78, 5) is 26.1. The van der Waals surface area contributed by atoms with Crippen LogP contribution >= 0.6 is 23.2 Å². The second-order valence-corrected chi connectivity index (χ2v) is 9.71. The molecule has 0 aromatic heterocycles. The molecule has 1 aliphatic rings. The third kappa shape index (κ3) is 5.44. The van der Waals surface area contributed by atoms with Crippen molar-refractivity contribution in [3.8, 4) is 0 Å². The van der Waals surface area contributed by atoms with Crippen LogP contribution in [0.5, 0.6) is 0 Å². The van der Waals surface area contributed by atoms with Crippen LogP contribution in [0.2, 0.25) is 10.0 Å². The summed E-state index contributed by atoms with van der Waals surface area (Å²) in [5.41, 5.74) is 1.72. The van der Waals surface area contributed by atoms with Gasteiger partial charge in [0.25, 0.3) is 0 Å². The van der Waals surface area contributed by atoms with Crippen molar-refractivity contribution in [3.63, 3.8) is 0 Å². The molecule has 7 nitrogen and oxygen atoms in total. The summed E-state index contributed by atoms with van der Waals surface area (Å²) in [5.74, 6) is -0.419. The topological polar surface area (TPSA) is 86.8 Å². The highest BCUT2D eigenvalue weighted by molar-refractivity contribution is 7.92. The first-order valence-electron chi connectivity index (χ1n) is 9.24. The van der Waals surface area contributed by atoms with Gasteiger partial charge in [0.15, 0.2) is 0 Å². The molecule has 1 heterocycles. The Labute approximate surface area is 185 Å². The van der Waals surface area contributed by atoms with Gasteiger partial charge in [-0.3, -0.25) is 13.9 Å². The van der Waals surface area contributed by atoms with Gasteiger partial charge < -0.3 is 10.2 Å². The van der Waals surface area contributed by atoms with Gasteiger partial charge in [-0.15, -0.1) is 0 Å². The van der Waals surface area contributed by atoms with E-state index in [1.165, 1.54) is 18.2 Å². The van der Waals surface area contributed by atoms with E-state index in [1.807, 2.05) is 24.3 Å². The van der Waals surface area contributed by atoms with E-state index in [1.54, 1.807) is 4.90 Å². The highest BCUT2D eigenvalue weighted by Crippen LogP contribution is 2.30. The molecular weight excluding hydrogens is 449 g/mol. The number of hydrogen-bond acceptors (Lipinski definition) is 4. The van der Waals surface area contributed by atoms with Crippen LogP contribution in [-0.4, -0.2) is 39.6 Å². The maximum Gasteiger partial charge on any atom is 0.241 e. The van der Waals surface area contributed by atoms with Crippen LogP contribution < -0.4 is 14.5 Å². The molecule has 10 heteroatoms. The summed E-state index contributed by atoms with van der Waals surface area (Å²) in [6, 6.07) is 11.7. The zero-order chi connectivity index (χ0) is 21.9. The average Bonchev–Trinajstić information content (AvgIpc) is 3.12. The maximum absolute atomic E-state index is 12.5. The van der Waals surface area contributed by atoms with Gasteiger partial charge in [-0.05, 0) is 42.3 Å². The van der Waals surface area contributed by atoms with Gasteiger partial charge in [-0.2, -0.15) is 0 Å². The van der Waals surface area contributed by atoms with E-state index < -0.39 is 22.5 Å². The Morgan fingerprint density at radius 1 is 1.20 bits per heavy atom. The number of carbonyl (C=O) groups excluding carboxylic acids is 2. The number of anilines is 2. The molecule has 1 aliphatic heterocycles. The fourth-order valence-electron chi connectivity index (χ4n) is 3.20. The van der Waals surface area contributed by atoms with Crippen molar-refractivity contribution in [1.82, 2.24) is 5.32 Å². The van der Waals surface area contributed by atoms with E-state index in [4.69, 9.17) is 23.2 Å². The Balaban J connectivity index is 1.69. The van der Waals surface area contributed by atoms with E-state index in [9.17, 15) is 18.0 Å². The lowest BCUT2D eigenvalue weighted by molar-refractivity contribution is -0.120. The molecule has 0 atom stereocenters. The number of sulfonamides is 1. The van der Waals surface area contributed by atoms with Crippen LogP contribution in [0.4, 0.5) is 11.4 Å². The molecular formula is C20H21Cl2N3O4S. The molecule has 2 amide bonds. The number of benzene rings is 2. The first kappa shape index (κ1) is 22.4. The summed E-state index contributed by atoms with van der Waals surface area (Å²) in [6.07, 6.45) is 2.36. The molecule has 2 aromatic rings. The Kier molecular flexibility index (Phi) is 6.90. The molecule has 2 aromatic carbocycles. The normalized spacial score (nSPS) is 14.1. The fourth-order valence-corrected chi connectivity index (χ4v) is 4.50. The van der Waals surface area contributed by atoms with E-state index in [-0.39, 0.29) is 23.2 Å². The number of halogens is 2. The molecule has 0 unspecified atom stereocenters. The highest BCUT2D eigenvalue weighted by Gasteiger charge is 2.24. The van der Waals surface area contributed by atoms with Crippen molar-refractivity contribution in [2.24, 2.45) is 0 Å². The predicted octanol–water partition coefficient (Wildman–Crippen LogP) is 3.20. The van der Waals surface area contributed by atoms with Gasteiger partial charge in [-0.25, -0.2) is 8.42 Å². The van der Waals surface area contributed by atoms with Crippen molar-refractivity contribution >= 4 is 56.4 Å². The highest BCUT2D eigenvalue weighted by atomic mass is 35.5. The second kappa shape index (κ2) is 9.24. The Morgan fingerprint density at radius 3 is 2.63 bits per heavy atom. The standard InChI is InChI=1S/C20H21Cl2N3O4S/c1-30(28,29)25(18-11-15(21)7-8-17(18)22)13-19(26)23-12-14-4-2-5-16(10-14)24-9-3-6-20(24)27/h2,4-5,7-8,10-11H,3,6,9,12-13H2,1H3,(H,23,26). The van der Waals surface area contributed by atoms with Crippen LogP contribution in [0, 0.1) is 0 Å². The summed E-state index contributed by atoms with van der Waals surface area (Å²) in [5, 5.41) is 3.18. The second-order valence-electron chi connectivity index (χ2n) is 6.96. The quantitative estimate of drug-likeness (QED) is 0.674. The number of nitrogens with one attached hydrogen (secondary N) is 1. The predicted molar refractivity (Wildman–Crippen MR) is 119 cm³/mol. The van der Waals surface area contributed by atoms with Gasteiger partial charge in [0.1, 0.15) is 6.54 Å². The molecule has 0 saturated carbocycles. The average molecular weight is 470 g/mol. The molecule has 1 fully saturated rings. The first-order chi connectivity index (χ1) is 14.1. The van der Waals surface area contributed by atoms with Crippen LogP contribution in [0.1, 0.15) is 18.4 Å². The van der Waals surface area contributed by atoms with Crippen LogP contribution in [0.3, 0.4) is 0 Å². The summed E-state index contributed by atoms with van der Waals surface area (Å²) < 4.78 is 25.4. The Morgan fingerprint density at radius 2 is 1.97 bits per heavy atom. The molecule has 0 aliphatic carbocycles. The van der Waals surface area contributed by atoms with Crippen molar-refractivity contribution in [2.75, 3.05) is 28.6 Å². The maximum atomic E-state index is 12.5. The third-order valence-corrected chi connectivity index (χ3v) is 6.33. The van der Waals surface area contributed by atoms with E-state index in [0.717, 1.165) is 28.2 Å². The SMILES string of the molecule is CS(=O)(=O)N(CC(=O)NCc1cccc(N2CCCC2=O)c1)c1cc(Cl)ccc1Cl. The number of amides is 2. The van der Waals surface area contributed by atoms with Gasteiger partial charge in [0, 0.05) is 30.2 Å². The molecule has 1 saturated heterocycles. The minimum atomic E-state index is -3.77.